The monoisotopic (exact) mass is 487 g/mol. The van der Waals surface area contributed by atoms with Gasteiger partial charge in [0.05, 0.1) is 5.39 Å². The summed E-state index contributed by atoms with van der Waals surface area (Å²) in [5, 5.41) is 0.402. The normalized spacial score (nSPS) is 16.6. The van der Waals surface area contributed by atoms with E-state index in [0.717, 1.165) is 37.8 Å². The van der Waals surface area contributed by atoms with Gasteiger partial charge >= 0.3 is 0 Å². The summed E-state index contributed by atoms with van der Waals surface area (Å²) >= 11 is 0. The Morgan fingerprint density at radius 2 is 1.69 bits per heavy atom. The Hall–Kier alpha value is -3.78. The zero-order valence-electron chi connectivity index (χ0n) is 19.8. The van der Waals surface area contributed by atoms with Gasteiger partial charge in [-0.25, -0.2) is 9.37 Å². The van der Waals surface area contributed by atoms with Crippen molar-refractivity contribution in [3.05, 3.63) is 76.8 Å². The number of anilines is 2. The smallest absolute Gasteiger partial charge is 0.258 e. The van der Waals surface area contributed by atoms with E-state index in [-0.39, 0.29) is 16.8 Å². The van der Waals surface area contributed by atoms with Gasteiger partial charge in [-0.05, 0) is 71.7 Å². The number of nitrogens with one attached hydrogen (secondary N) is 1. The molecule has 3 heterocycles. The number of nitrogens with zero attached hydrogens (tertiary/aromatic N) is 3. The highest BCUT2D eigenvalue weighted by Gasteiger charge is 2.26. The second-order valence-corrected chi connectivity index (χ2v) is 9.77. The molecule has 8 heteroatoms. The molecule has 184 valence electrons. The second kappa shape index (κ2) is 9.02. The Balaban J connectivity index is 1.28. The van der Waals surface area contributed by atoms with E-state index in [4.69, 9.17) is 5.73 Å². The van der Waals surface area contributed by atoms with Gasteiger partial charge in [-0.1, -0.05) is 12.1 Å². The van der Waals surface area contributed by atoms with Gasteiger partial charge in [0, 0.05) is 55.7 Å². The third-order valence-corrected chi connectivity index (χ3v) is 7.27. The van der Waals surface area contributed by atoms with Crippen molar-refractivity contribution < 1.29 is 8.78 Å². The molecule has 1 saturated carbocycles. The van der Waals surface area contributed by atoms with Crippen LogP contribution in [0.3, 0.4) is 0 Å². The molecule has 0 radical (unpaired) electrons. The minimum Gasteiger partial charge on any atom is -0.383 e. The highest BCUT2D eigenvalue weighted by molar-refractivity contribution is 5.90. The molecular formula is C28H27F2N5O. The number of pyridine rings is 2. The van der Waals surface area contributed by atoms with E-state index >= 15 is 0 Å². The van der Waals surface area contributed by atoms with Crippen LogP contribution >= 0.6 is 0 Å². The number of aromatic nitrogens is 2. The zero-order valence-corrected chi connectivity index (χ0v) is 19.8. The van der Waals surface area contributed by atoms with Crippen molar-refractivity contribution in [1.82, 2.24) is 14.9 Å². The summed E-state index contributed by atoms with van der Waals surface area (Å²) < 4.78 is 29.7. The van der Waals surface area contributed by atoms with Crippen LogP contribution in [0.5, 0.6) is 0 Å². The third kappa shape index (κ3) is 4.33. The number of hydrogen-bond donors (Lipinski definition) is 2. The lowest BCUT2D eigenvalue weighted by atomic mass is 9.98. The number of halogens is 2. The number of aromatic amines is 1. The molecule has 0 spiro atoms. The first-order valence-electron chi connectivity index (χ1n) is 12.3. The van der Waals surface area contributed by atoms with Gasteiger partial charge in [0.25, 0.3) is 5.56 Å². The molecular weight excluding hydrogens is 460 g/mol. The number of rotatable bonds is 5. The number of nitrogens with two attached hydrogens (primary N) is 1. The molecule has 2 fully saturated rings. The van der Waals surface area contributed by atoms with Crippen LogP contribution in [-0.4, -0.2) is 47.6 Å². The molecule has 4 aromatic rings. The molecule has 6 rings (SSSR count). The Morgan fingerprint density at radius 1 is 0.944 bits per heavy atom. The van der Waals surface area contributed by atoms with Crippen molar-refractivity contribution in [1.29, 1.82) is 0 Å². The van der Waals surface area contributed by atoms with Gasteiger partial charge in [-0.3, -0.25) is 9.69 Å². The van der Waals surface area contributed by atoms with Crippen molar-refractivity contribution in [3.8, 4) is 22.3 Å². The number of piperazine rings is 1. The lowest BCUT2D eigenvalue weighted by molar-refractivity contribution is 0.248. The van der Waals surface area contributed by atoms with E-state index in [0.29, 0.717) is 22.1 Å². The maximum absolute atomic E-state index is 14.9. The maximum atomic E-state index is 14.9. The molecule has 1 aliphatic heterocycles. The Bertz CT molecular complexity index is 1490. The summed E-state index contributed by atoms with van der Waals surface area (Å²) in [5.41, 5.74) is 8.42. The van der Waals surface area contributed by atoms with Crippen LogP contribution in [0.4, 0.5) is 20.3 Å². The summed E-state index contributed by atoms with van der Waals surface area (Å²) in [4.78, 5) is 23.3. The van der Waals surface area contributed by atoms with E-state index in [9.17, 15) is 13.6 Å². The number of H-pyrrole nitrogens is 1. The van der Waals surface area contributed by atoms with Gasteiger partial charge in [0.1, 0.15) is 11.6 Å². The summed E-state index contributed by atoms with van der Waals surface area (Å²) in [6.07, 6.45) is 4.20. The van der Waals surface area contributed by atoms with Gasteiger partial charge in [0.15, 0.2) is 0 Å². The van der Waals surface area contributed by atoms with E-state index in [1.807, 2.05) is 24.3 Å². The molecule has 1 saturated heterocycles. The Labute approximate surface area is 207 Å². The molecule has 0 unspecified atom stereocenters. The fourth-order valence-electron chi connectivity index (χ4n) is 5.08. The van der Waals surface area contributed by atoms with Gasteiger partial charge < -0.3 is 15.6 Å². The highest BCUT2D eigenvalue weighted by Crippen LogP contribution is 2.34. The van der Waals surface area contributed by atoms with Crippen LogP contribution in [0, 0.1) is 17.7 Å². The molecule has 2 aromatic heterocycles. The standard InChI is InChI=1S/C28H27F2N5O/c29-24-14-20(13-19-7-8-32-28(36)25(19)24)23-15-22(26(30)33-27(23)31)18-3-5-21(6-4-18)35-11-9-34(10-12-35)16-17-1-2-17/h3-8,13-15,17H,1-2,9-12,16H2,(H2,31,33)(H,32,36). The first-order valence-corrected chi connectivity index (χ1v) is 12.3. The number of nitrogen functional groups attached to an aromatic ring is 1. The van der Waals surface area contributed by atoms with E-state index < -0.39 is 17.3 Å². The number of fused-ring (bicyclic) bond motifs is 1. The van der Waals surface area contributed by atoms with E-state index in [1.165, 1.54) is 31.6 Å². The van der Waals surface area contributed by atoms with Crippen LogP contribution in [-0.2, 0) is 0 Å². The molecule has 6 nitrogen and oxygen atoms in total. The SMILES string of the molecule is Nc1nc(F)c(-c2ccc(N3CCN(CC4CC4)CC3)cc2)cc1-c1cc(F)c2c(=O)[nH]ccc2c1. The summed E-state index contributed by atoms with van der Waals surface area (Å²) in [5.74, 6) is -0.495. The molecule has 0 atom stereocenters. The zero-order chi connectivity index (χ0) is 24.8. The molecule has 2 aromatic carbocycles. The molecule has 0 amide bonds. The Kier molecular flexibility index (Phi) is 5.68. The largest absolute Gasteiger partial charge is 0.383 e. The van der Waals surface area contributed by atoms with Crippen molar-refractivity contribution in [2.45, 2.75) is 12.8 Å². The fourth-order valence-corrected chi connectivity index (χ4v) is 5.08. The summed E-state index contributed by atoms with van der Waals surface area (Å²) in [7, 11) is 0. The van der Waals surface area contributed by atoms with Crippen LogP contribution in [0.1, 0.15) is 12.8 Å². The predicted molar refractivity (Wildman–Crippen MR) is 139 cm³/mol. The summed E-state index contributed by atoms with van der Waals surface area (Å²) in [6.45, 7) is 5.30. The van der Waals surface area contributed by atoms with E-state index in [1.54, 1.807) is 18.2 Å². The second-order valence-electron chi connectivity index (χ2n) is 9.77. The molecule has 36 heavy (non-hydrogen) atoms. The Morgan fingerprint density at radius 3 is 2.42 bits per heavy atom. The van der Waals surface area contributed by atoms with Gasteiger partial charge in [-0.15, -0.1) is 0 Å². The lowest BCUT2D eigenvalue weighted by Crippen LogP contribution is -2.47. The maximum Gasteiger partial charge on any atom is 0.258 e. The number of benzene rings is 2. The molecule has 1 aliphatic carbocycles. The molecule has 2 aliphatic rings. The minimum atomic E-state index is -0.685. The summed E-state index contributed by atoms with van der Waals surface area (Å²) in [6, 6.07) is 13.9. The van der Waals surface area contributed by atoms with Crippen LogP contribution in [0.25, 0.3) is 33.0 Å². The van der Waals surface area contributed by atoms with Crippen molar-refractivity contribution in [2.24, 2.45) is 5.92 Å². The average Bonchev–Trinajstić information content (AvgIpc) is 3.69. The van der Waals surface area contributed by atoms with Crippen LogP contribution in [0.2, 0.25) is 0 Å². The van der Waals surface area contributed by atoms with Crippen LogP contribution < -0.4 is 16.2 Å². The van der Waals surface area contributed by atoms with Gasteiger partial charge in [-0.2, -0.15) is 4.39 Å². The topological polar surface area (TPSA) is 78.2 Å². The lowest BCUT2D eigenvalue weighted by Gasteiger charge is -2.36. The van der Waals surface area contributed by atoms with E-state index in [2.05, 4.69) is 19.8 Å². The predicted octanol–water partition coefficient (Wildman–Crippen LogP) is 4.65. The number of hydrogen-bond acceptors (Lipinski definition) is 5. The molecule has 3 N–H and O–H groups in total. The minimum absolute atomic E-state index is 0.0286. The van der Waals surface area contributed by atoms with Gasteiger partial charge in [0.2, 0.25) is 5.95 Å². The average molecular weight is 488 g/mol. The third-order valence-electron chi connectivity index (χ3n) is 7.27. The highest BCUT2D eigenvalue weighted by atomic mass is 19.1. The fraction of sp³-hybridized carbons (Fsp3) is 0.286. The molecule has 0 bridgehead atoms. The van der Waals surface area contributed by atoms with Crippen molar-refractivity contribution >= 4 is 22.3 Å². The first-order chi connectivity index (χ1) is 17.5. The van der Waals surface area contributed by atoms with Crippen LogP contribution in [0.15, 0.2) is 59.5 Å². The van der Waals surface area contributed by atoms with Crippen molar-refractivity contribution in [2.75, 3.05) is 43.4 Å². The van der Waals surface area contributed by atoms with Crippen molar-refractivity contribution in [3.63, 3.8) is 0 Å². The quantitative estimate of drug-likeness (QED) is 0.401. The first kappa shape index (κ1) is 22.7.